The Hall–Kier alpha value is -1.17. The Bertz CT molecular complexity index is 554. The molecule has 1 aromatic rings. The number of piperidine rings is 1. The molecule has 1 aliphatic rings. The number of nitrogens with one attached hydrogen (secondary N) is 1. The van der Waals surface area contributed by atoms with E-state index in [9.17, 15) is 14.3 Å². The van der Waals surface area contributed by atoms with Gasteiger partial charge in [0.15, 0.2) is 0 Å². The highest BCUT2D eigenvalue weighted by atomic mass is 35.5. The number of carbonyl (C=O) groups excluding carboxylic acids is 1. The van der Waals surface area contributed by atoms with Crippen molar-refractivity contribution in [3.05, 3.63) is 29.0 Å². The third-order valence-electron chi connectivity index (χ3n) is 5.06. The fourth-order valence-electron chi connectivity index (χ4n) is 3.00. The number of amides is 1. The van der Waals surface area contributed by atoms with Crippen LogP contribution in [-0.2, 0) is 4.79 Å². The summed E-state index contributed by atoms with van der Waals surface area (Å²) in [6.45, 7) is 5.70. The van der Waals surface area contributed by atoms with E-state index < -0.39 is 5.82 Å². The van der Waals surface area contributed by atoms with E-state index in [0.29, 0.717) is 5.69 Å². The number of likely N-dealkylation sites (tertiary alicyclic amines) is 1. The van der Waals surface area contributed by atoms with E-state index in [-0.39, 0.29) is 29.0 Å². The number of rotatable bonds is 5. The maximum absolute atomic E-state index is 13.0. The molecule has 0 saturated carbocycles. The van der Waals surface area contributed by atoms with Crippen molar-refractivity contribution < 1.29 is 14.3 Å². The lowest BCUT2D eigenvalue weighted by Gasteiger charge is -2.42. The molecule has 2 rings (SSSR count). The molecule has 0 bridgehead atoms. The first-order chi connectivity index (χ1) is 10.9. The van der Waals surface area contributed by atoms with E-state index in [4.69, 9.17) is 11.6 Å². The fourth-order valence-corrected chi connectivity index (χ4v) is 3.22. The Labute approximate surface area is 141 Å². The predicted octanol–water partition coefficient (Wildman–Crippen LogP) is 3.29. The average Bonchev–Trinajstić information content (AvgIpc) is 2.56. The quantitative estimate of drug-likeness (QED) is 0.863. The van der Waals surface area contributed by atoms with Crippen molar-refractivity contribution >= 4 is 23.2 Å². The van der Waals surface area contributed by atoms with Crippen molar-refractivity contribution in [1.29, 1.82) is 0 Å². The summed E-state index contributed by atoms with van der Waals surface area (Å²) in [5.41, 5.74) is 0.410. The molecular weight excluding hydrogens is 319 g/mol. The van der Waals surface area contributed by atoms with Crippen molar-refractivity contribution in [2.75, 3.05) is 25.0 Å². The van der Waals surface area contributed by atoms with Gasteiger partial charge in [0.05, 0.1) is 16.8 Å². The number of benzene rings is 1. The molecule has 6 heteroatoms. The molecule has 0 aromatic heterocycles. The zero-order valence-electron chi connectivity index (χ0n) is 13.6. The van der Waals surface area contributed by atoms with Gasteiger partial charge in [-0.05, 0) is 62.9 Å². The number of hydrogen-bond donors (Lipinski definition) is 2. The summed E-state index contributed by atoms with van der Waals surface area (Å²) in [5, 5.41) is 12.5. The molecule has 23 heavy (non-hydrogen) atoms. The highest BCUT2D eigenvalue weighted by Crippen LogP contribution is 2.35. The molecule has 1 amide bonds. The number of aliphatic hydroxyl groups excluding tert-OH is 1. The molecule has 0 radical (unpaired) electrons. The zero-order chi connectivity index (χ0) is 17.0. The molecule has 0 spiro atoms. The molecule has 1 atom stereocenters. The van der Waals surface area contributed by atoms with Crippen LogP contribution in [0.2, 0.25) is 5.02 Å². The molecule has 1 aromatic carbocycles. The minimum atomic E-state index is -0.433. The Morgan fingerprint density at radius 3 is 2.65 bits per heavy atom. The monoisotopic (exact) mass is 342 g/mol. The van der Waals surface area contributed by atoms with Crippen molar-refractivity contribution in [2.45, 2.75) is 39.2 Å². The topological polar surface area (TPSA) is 52.6 Å². The number of nitrogens with zero attached hydrogens (tertiary/aromatic N) is 1. The summed E-state index contributed by atoms with van der Waals surface area (Å²) < 4.78 is 13.0. The zero-order valence-corrected chi connectivity index (χ0v) is 14.4. The van der Waals surface area contributed by atoms with E-state index in [1.54, 1.807) is 0 Å². The van der Waals surface area contributed by atoms with Crippen LogP contribution in [0.15, 0.2) is 18.2 Å². The number of aliphatic hydroxyl groups is 1. The van der Waals surface area contributed by atoms with Gasteiger partial charge in [-0.2, -0.15) is 0 Å². The van der Waals surface area contributed by atoms with Gasteiger partial charge in [0.2, 0.25) is 5.91 Å². The molecule has 1 aliphatic heterocycles. The van der Waals surface area contributed by atoms with Crippen molar-refractivity contribution in [1.82, 2.24) is 4.90 Å². The second-order valence-corrected chi connectivity index (χ2v) is 6.74. The van der Waals surface area contributed by atoms with Crippen LogP contribution in [-0.4, -0.2) is 41.7 Å². The lowest BCUT2D eigenvalue weighted by molar-refractivity contribution is -0.121. The van der Waals surface area contributed by atoms with Crippen LogP contribution in [0.4, 0.5) is 10.1 Å². The Balaban J connectivity index is 1.95. The van der Waals surface area contributed by atoms with Crippen molar-refractivity contribution in [2.24, 2.45) is 5.41 Å². The highest BCUT2D eigenvalue weighted by molar-refractivity contribution is 6.33. The molecule has 0 aliphatic carbocycles. The van der Waals surface area contributed by atoms with Gasteiger partial charge < -0.3 is 10.4 Å². The summed E-state index contributed by atoms with van der Waals surface area (Å²) >= 11 is 5.94. The van der Waals surface area contributed by atoms with E-state index in [0.717, 1.165) is 32.4 Å². The van der Waals surface area contributed by atoms with Gasteiger partial charge in [0.1, 0.15) is 5.82 Å². The first-order valence-electron chi connectivity index (χ1n) is 8.01. The first kappa shape index (κ1) is 18.2. The van der Waals surface area contributed by atoms with Gasteiger partial charge in [0, 0.05) is 6.61 Å². The lowest BCUT2D eigenvalue weighted by atomic mass is 9.76. The van der Waals surface area contributed by atoms with Crippen molar-refractivity contribution in [3.63, 3.8) is 0 Å². The standard InChI is InChI=1S/C17H24ClFN2O2/c1-3-17(11-22)6-8-21(9-7-17)12(2)16(23)20-15-5-4-13(19)10-14(15)18/h4-5,10,12,22H,3,6-9,11H2,1-2H3,(H,20,23). The largest absolute Gasteiger partial charge is 0.396 e. The van der Waals surface area contributed by atoms with E-state index >= 15 is 0 Å². The number of carbonyl (C=O) groups is 1. The summed E-state index contributed by atoms with van der Waals surface area (Å²) in [6.07, 6.45) is 2.72. The molecule has 2 N–H and O–H groups in total. The highest BCUT2D eigenvalue weighted by Gasteiger charge is 2.35. The van der Waals surface area contributed by atoms with Gasteiger partial charge in [-0.15, -0.1) is 0 Å². The van der Waals surface area contributed by atoms with Crippen LogP contribution in [0.3, 0.4) is 0 Å². The van der Waals surface area contributed by atoms with Gasteiger partial charge in [0.25, 0.3) is 0 Å². The van der Waals surface area contributed by atoms with Crippen LogP contribution >= 0.6 is 11.6 Å². The third kappa shape index (κ3) is 4.22. The molecule has 1 unspecified atom stereocenters. The SMILES string of the molecule is CCC1(CO)CCN(C(C)C(=O)Nc2ccc(F)cc2Cl)CC1. The number of hydrogen-bond acceptors (Lipinski definition) is 3. The predicted molar refractivity (Wildman–Crippen MR) is 90.1 cm³/mol. The lowest BCUT2D eigenvalue weighted by Crippen LogP contribution is -2.49. The summed E-state index contributed by atoms with van der Waals surface area (Å²) in [5.74, 6) is -0.594. The Kier molecular flexibility index (Phi) is 6.00. The first-order valence-corrected chi connectivity index (χ1v) is 8.39. The minimum absolute atomic E-state index is 0.00698. The molecule has 1 fully saturated rings. The van der Waals surface area contributed by atoms with Crippen molar-refractivity contribution in [3.8, 4) is 0 Å². The minimum Gasteiger partial charge on any atom is -0.396 e. The average molecular weight is 343 g/mol. The summed E-state index contributed by atoms with van der Waals surface area (Å²) in [4.78, 5) is 14.5. The molecule has 1 heterocycles. The number of anilines is 1. The van der Waals surface area contributed by atoms with Gasteiger partial charge in [-0.3, -0.25) is 9.69 Å². The van der Waals surface area contributed by atoms with Crippen LogP contribution in [0.1, 0.15) is 33.1 Å². The second kappa shape index (κ2) is 7.60. The fraction of sp³-hybridized carbons (Fsp3) is 0.588. The summed E-state index contributed by atoms with van der Waals surface area (Å²) in [6, 6.07) is 3.61. The molecular formula is C17H24ClFN2O2. The second-order valence-electron chi connectivity index (χ2n) is 6.34. The van der Waals surface area contributed by atoms with Crippen LogP contribution in [0.5, 0.6) is 0 Å². The third-order valence-corrected chi connectivity index (χ3v) is 5.37. The maximum Gasteiger partial charge on any atom is 0.241 e. The van der Waals surface area contributed by atoms with E-state index in [1.165, 1.54) is 18.2 Å². The van der Waals surface area contributed by atoms with Gasteiger partial charge >= 0.3 is 0 Å². The normalized spacial score (nSPS) is 19.3. The van der Waals surface area contributed by atoms with Crippen LogP contribution < -0.4 is 5.32 Å². The molecule has 1 saturated heterocycles. The Morgan fingerprint density at radius 1 is 1.48 bits per heavy atom. The maximum atomic E-state index is 13.0. The van der Waals surface area contributed by atoms with Gasteiger partial charge in [-0.1, -0.05) is 18.5 Å². The van der Waals surface area contributed by atoms with E-state index in [2.05, 4.69) is 17.1 Å². The van der Waals surface area contributed by atoms with E-state index in [1.807, 2.05) is 6.92 Å². The Morgan fingerprint density at radius 2 is 2.13 bits per heavy atom. The molecule has 4 nitrogen and oxygen atoms in total. The smallest absolute Gasteiger partial charge is 0.241 e. The van der Waals surface area contributed by atoms with Gasteiger partial charge in [-0.25, -0.2) is 4.39 Å². The van der Waals surface area contributed by atoms with Crippen LogP contribution in [0, 0.1) is 11.2 Å². The van der Waals surface area contributed by atoms with Crippen LogP contribution in [0.25, 0.3) is 0 Å². The molecule has 128 valence electrons. The number of halogens is 2. The summed E-state index contributed by atoms with van der Waals surface area (Å²) in [7, 11) is 0.